The molecule has 0 heterocycles. The zero-order valence-corrected chi connectivity index (χ0v) is 14.4. The van der Waals surface area contributed by atoms with Crippen molar-refractivity contribution in [3.05, 3.63) is 59.4 Å². The van der Waals surface area contributed by atoms with Crippen molar-refractivity contribution in [2.75, 3.05) is 14.2 Å². The number of ether oxygens (including phenoxy) is 2. The van der Waals surface area contributed by atoms with E-state index < -0.39 is 12.4 Å². The van der Waals surface area contributed by atoms with E-state index in [9.17, 15) is 13.2 Å². The SMILES string of the molecule is CN=C(NCc1cccc(OC)c1)NCc1c(F)cccc1OC(F)F. The number of nitrogens with one attached hydrogen (secondary N) is 2. The fraction of sp³-hybridized carbons (Fsp3) is 0.278. The van der Waals surface area contributed by atoms with Crippen molar-refractivity contribution in [1.82, 2.24) is 10.6 Å². The van der Waals surface area contributed by atoms with Gasteiger partial charge in [0.25, 0.3) is 0 Å². The molecule has 2 aromatic carbocycles. The van der Waals surface area contributed by atoms with Crippen LogP contribution in [0.25, 0.3) is 0 Å². The predicted molar refractivity (Wildman–Crippen MR) is 93.1 cm³/mol. The Kier molecular flexibility index (Phi) is 7.13. The van der Waals surface area contributed by atoms with E-state index in [0.29, 0.717) is 12.5 Å². The quantitative estimate of drug-likeness (QED) is 0.582. The fourth-order valence-corrected chi connectivity index (χ4v) is 2.28. The topological polar surface area (TPSA) is 54.9 Å². The first-order valence-electron chi connectivity index (χ1n) is 7.83. The maximum Gasteiger partial charge on any atom is 0.387 e. The second kappa shape index (κ2) is 9.55. The average Bonchev–Trinajstić information content (AvgIpc) is 2.63. The molecule has 2 rings (SSSR count). The summed E-state index contributed by atoms with van der Waals surface area (Å²) in [7, 11) is 3.14. The molecule has 0 unspecified atom stereocenters. The van der Waals surface area contributed by atoms with Gasteiger partial charge in [-0.15, -0.1) is 0 Å². The van der Waals surface area contributed by atoms with Crippen LogP contribution in [0.5, 0.6) is 11.5 Å². The van der Waals surface area contributed by atoms with Crippen molar-refractivity contribution in [2.24, 2.45) is 4.99 Å². The van der Waals surface area contributed by atoms with Gasteiger partial charge in [0, 0.05) is 25.7 Å². The van der Waals surface area contributed by atoms with E-state index in [1.54, 1.807) is 14.2 Å². The molecule has 140 valence electrons. The number of rotatable bonds is 7. The van der Waals surface area contributed by atoms with Gasteiger partial charge in [-0.2, -0.15) is 8.78 Å². The van der Waals surface area contributed by atoms with Gasteiger partial charge in [0.05, 0.1) is 7.11 Å². The highest BCUT2D eigenvalue weighted by Gasteiger charge is 2.14. The minimum absolute atomic E-state index is 0.00266. The van der Waals surface area contributed by atoms with Gasteiger partial charge in [-0.05, 0) is 29.8 Å². The zero-order chi connectivity index (χ0) is 18.9. The van der Waals surface area contributed by atoms with E-state index in [2.05, 4.69) is 20.4 Å². The van der Waals surface area contributed by atoms with Crippen LogP contribution in [0.3, 0.4) is 0 Å². The first kappa shape index (κ1) is 19.4. The molecule has 0 atom stereocenters. The smallest absolute Gasteiger partial charge is 0.387 e. The van der Waals surface area contributed by atoms with Crippen LogP contribution in [0.4, 0.5) is 13.2 Å². The standard InChI is InChI=1S/C18H20F3N3O2/c1-22-18(23-10-12-5-3-6-13(9-12)25-2)24-11-14-15(19)7-4-8-16(14)26-17(20)21/h3-9,17H,10-11H2,1-2H3,(H2,22,23,24). The maximum absolute atomic E-state index is 14.0. The summed E-state index contributed by atoms with van der Waals surface area (Å²) in [5, 5.41) is 5.94. The molecule has 26 heavy (non-hydrogen) atoms. The van der Waals surface area contributed by atoms with Gasteiger partial charge in [-0.3, -0.25) is 4.99 Å². The molecule has 2 aromatic rings. The molecule has 0 fully saturated rings. The van der Waals surface area contributed by atoms with Crippen LogP contribution in [0.15, 0.2) is 47.5 Å². The first-order chi connectivity index (χ1) is 12.5. The predicted octanol–water partition coefficient (Wildman–Crippen LogP) is 3.30. The van der Waals surface area contributed by atoms with Gasteiger partial charge >= 0.3 is 6.61 Å². The van der Waals surface area contributed by atoms with E-state index in [0.717, 1.165) is 11.3 Å². The summed E-state index contributed by atoms with van der Waals surface area (Å²) in [6.07, 6.45) is 0. The lowest BCUT2D eigenvalue weighted by Crippen LogP contribution is -2.36. The third-order valence-corrected chi connectivity index (χ3v) is 3.54. The highest BCUT2D eigenvalue weighted by Crippen LogP contribution is 2.23. The molecule has 0 bridgehead atoms. The van der Waals surface area contributed by atoms with Crippen molar-refractivity contribution in [3.63, 3.8) is 0 Å². The van der Waals surface area contributed by atoms with Gasteiger partial charge in [0.15, 0.2) is 5.96 Å². The van der Waals surface area contributed by atoms with Crippen LogP contribution >= 0.6 is 0 Å². The van der Waals surface area contributed by atoms with Gasteiger partial charge in [0.2, 0.25) is 0 Å². The molecule has 0 spiro atoms. The van der Waals surface area contributed by atoms with E-state index in [4.69, 9.17) is 4.74 Å². The number of hydrogen-bond acceptors (Lipinski definition) is 3. The summed E-state index contributed by atoms with van der Waals surface area (Å²) >= 11 is 0. The molecule has 0 aliphatic heterocycles. The van der Waals surface area contributed by atoms with Crippen LogP contribution in [0.2, 0.25) is 0 Å². The highest BCUT2D eigenvalue weighted by molar-refractivity contribution is 5.79. The number of methoxy groups -OCH3 is 1. The largest absolute Gasteiger partial charge is 0.497 e. The average molecular weight is 367 g/mol. The Bertz CT molecular complexity index is 754. The summed E-state index contributed by atoms with van der Waals surface area (Å²) in [5.41, 5.74) is 0.956. The Morgan fingerprint density at radius 3 is 2.54 bits per heavy atom. The van der Waals surface area contributed by atoms with Crippen LogP contribution in [0.1, 0.15) is 11.1 Å². The number of benzene rings is 2. The number of guanidine groups is 1. The first-order valence-corrected chi connectivity index (χ1v) is 7.83. The number of alkyl halides is 2. The van der Waals surface area contributed by atoms with Crippen molar-refractivity contribution in [2.45, 2.75) is 19.7 Å². The lowest BCUT2D eigenvalue weighted by atomic mass is 10.2. The Hall–Kier alpha value is -2.90. The number of hydrogen-bond donors (Lipinski definition) is 2. The van der Waals surface area contributed by atoms with E-state index in [-0.39, 0.29) is 17.9 Å². The van der Waals surface area contributed by atoms with Crippen LogP contribution in [-0.2, 0) is 13.1 Å². The van der Waals surface area contributed by atoms with Crippen molar-refractivity contribution in [1.29, 1.82) is 0 Å². The minimum atomic E-state index is -3.03. The summed E-state index contributed by atoms with van der Waals surface area (Å²) < 4.78 is 48.4. The molecule has 0 saturated heterocycles. The normalized spacial score (nSPS) is 11.4. The van der Waals surface area contributed by atoms with Crippen LogP contribution < -0.4 is 20.1 Å². The highest BCUT2D eigenvalue weighted by atomic mass is 19.3. The molecule has 0 aliphatic rings. The van der Waals surface area contributed by atoms with Gasteiger partial charge in [-0.25, -0.2) is 4.39 Å². The second-order valence-electron chi connectivity index (χ2n) is 5.23. The van der Waals surface area contributed by atoms with E-state index >= 15 is 0 Å². The third kappa shape index (κ3) is 5.58. The zero-order valence-electron chi connectivity index (χ0n) is 14.4. The van der Waals surface area contributed by atoms with Crippen molar-refractivity contribution >= 4 is 5.96 Å². The number of nitrogens with zero attached hydrogens (tertiary/aromatic N) is 1. The maximum atomic E-state index is 14.0. The van der Waals surface area contributed by atoms with Gasteiger partial charge < -0.3 is 20.1 Å². The molecular weight excluding hydrogens is 347 g/mol. The third-order valence-electron chi connectivity index (χ3n) is 3.54. The molecule has 5 nitrogen and oxygen atoms in total. The minimum Gasteiger partial charge on any atom is -0.497 e. The molecule has 0 amide bonds. The summed E-state index contributed by atoms with van der Waals surface area (Å²) in [6, 6.07) is 11.3. The summed E-state index contributed by atoms with van der Waals surface area (Å²) in [5.74, 6) is 0.265. The summed E-state index contributed by atoms with van der Waals surface area (Å²) in [4.78, 5) is 4.03. The lowest BCUT2D eigenvalue weighted by Gasteiger charge is -2.15. The monoisotopic (exact) mass is 367 g/mol. The Labute approximate surface area is 149 Å². The lowest BCUT2D eigenvalue weighted by molar-refractivity contribution is -0.0506. The number of aliphatic imine (C=N–C) groups is 1. The van der Waals surface area contributed by atoms with Crippen LogP contribution in [0, 0.1) is 5.82 Å². The fourth-order valence-electron chi connectivity index (χ4n) is 2.28. The molecule has 0 aliphatic carbocycles. The molecule has 0 aromatic heterocycles. The molecule has 8 heteroatoms. The van der Waals surface area contributed by atoms with Crippen molar-refractivity contribution < 1.29 is 22.6 Å². The van der Waals surface area contributed by atoms with E-state index in [1.807, 2.05) is 24.3 Å². The van der Waals surface area contributed by atoms with Gasteiger partial charge in [0.1, 0.15) is 17.3 Å². The second-order valence-corrected chi connectivity index (χ2v) is 5.23. The molecular formula is C18H20F3N3O2. The van der Waals surface area contributed by atoms with Crippen LogP contribution in [-0.4, -0.2) is 26.7 Å². The molecule has 0 saturated carbocycles. The summed E-state index contributed by atoms with van der Waals surface area (Å²) in [6.45, 7) is -2.64. The Morgan fingerprint density at radius 1 is 1.12 bits per heavy atom. The Balaban J connectivity index is 1.99. The van der Waals surface area contributed by atoms with E-state index in [1.165, 1.54) is 18.2 Å². The van der Waals surface area contributed by atoms with Gasteiger partial charge in [-0.1, -0.05) is 18.2 Å². The molecule has 0 radical (unpaired) electrons. The molecule has 2 N–H and O–H groups in total. The number of halogens is 3. The Morgan fingerprint density at radius 2 is 1.85 bits per heavy atom. The van der Waals surface area contributed by atoms with Crippen molar-refractivity contribution in [3.8, 4) is 11.5 Å².